The second-order valence-electron chi connectivity index (χ2n) is 3.81. The lowest BCUT2D eigenvalue weighted by Gasteiger charge is -2.12. The van der Waals surface area contributed by atoms with Crippen LogP contribution in [0.15, 0.2) is 18.3 Å². The molecule has 0 fully saturated rings. The number of ether oxygens (including phenoxy) is 1. The molecule has 20 heavy (non-hydrogen) atoms. The van der Waals surface area contributed by atoms with Crippen molar-refractivity contribution < 1.29 is 19.4 Å². The molecule has 106 valence electrons. The van der Waals surface area contributed by atoms with Gasteiger partial charge in [0.2, 0.25) is 0 Å². The molecule has 0 aromatic carbocycles. The molecule has 0 aliphatic rings. The third kappa shape index (κ3) is 4.37. The number of nitrogens with one attached hydrogen (secondary N) is 1. The molecule has 2 N–H and O–H groups in total. The number of esters is 1. The molecule has 1 aromatic heterocycles. The highest BCUT2D eigenvalue weighted by Gasteiger charge is 2.19. The molecule has 6 heteroatoms. The molecule has 6 nitrogen and oxygen atoms in total. The van der Waals surface area contributed by atoms with Crippen LogP contribution in [0.1, 0.15) is 29.9 Å². The molecule has 1 amide bonds. The van der Waals surface area contributed by atoms with E-state index in [-0.39, 0.29) is 18.9 Å². The molecule has 0 aliphatic carbocycles. The number of pyridine rings is 1. The number of rotatable bonds is 4. The van der Waals surface area contributed by atoms with Gasteiger partial charge in [-0.15, -0.1) is 0 Å². The van der Waals surface area contributed by atoms with Gasteiger partial charge in [-0.3, -0.25) is 4.79 Å². The first-order valence-electron chi connectivity index (χ1n) is 6.12. The van der Waals surface area contributed by atoms with Gasteiger partial charge in [0, 0.05) is 6.20 Å². The Hall–Kier alpha value is -2.39. The highest BCUT2D eigenvalue weighted by molar-refractivity contribution is 5.97. The fraction of sp³-hybridized carbons (Fsp3) is 0.357. The normalized spacial score (nSPS) is 10.9. The fourth-order valence-corrected chi connectivity index (χ4v) is 1.41. The van der Waals surface area contributed by atoms with Gasteiger partial charge in [0.1, 0.15) is 18.3 Å². The lowest BCUT2D eigenvalue weighted by Crippen LogP contribution is -2.40. The summed E-state index contributed by atoms with van der Waals surface area (Å²) < 4.78 is 4.80. The van der Waals surface area contributed by atoms with Crippen molar-refractivity contribution in [1.29, 1.82) is 0 Å². The molecule has 1 aromatic rings. The summed E-state index contributed by atoms with van der Waals surface area (Å²) in [4.78, 5) is 27.4. The van der Waals surface area contributed by atoms with E-state index in [1.165, 1.54) is 13.1 Å². The predicted octanol–water partition coefficient (Wildman–Crippen LogP) is 0.107. The molecule has 0 radical (unpaired) electrons. The quantitative estimate of drug-likeness (QED) is 0.602. The van der Waals surface area contributed by atoms with Crippen LogP contribution >= 0.6 is 0 Å². The van der Waals surface area contributed by atoms with E-state index < -0.39 is 17.9 Å². The maximum atomic E-state index is 12.0. The maximum absolute atomic E-state index is 12.0. The van der Waals surface area contributed by atoms with Gasteiger partial charge in [0.25, 0.3) is 5.91 Å². The molecule has 0 saturated heterocycles. The number of aliphatic hydroxyl groups is 1. The van der Waals surface area contributed by atoms with Crippen molar-refractivity contribution >= 4 is 11.9 Å². The molecular weight excluding hydrogens is 260 g/mol. The average molecular weight is 276 g/mol. The summed E-state index contributed by atoms with van der Waals surface area (Å²) in [6.45, 7) is 3.15. The molecule has 0 aliphatic heterocycles. The Bertz CT molecular complexity index is 546. The van der Waals surface area contributed by atoms with Crippen molar-refractivity contribution in [1.82, 2.24) is 10.3 Å². The van der Waals surface area contributed by atoms with Crippen molar-refractivity contribution in [3.8, 4) is 11.8 Å². The SMILES string of the molecule is CCOC(=O)C(C)NC(=O)c1ncccc1C#CCO. The van der Waals surface area contributed by atoms with Gasteiger partial charge in [-0.05, 0) is 26.0 Å². The summed E-state index contributed by atoms with van der Waals surface area (Å²) in [6, 6.07) is 2.47. The van der Waals surface area contributed by atoms with E-state index in [1.54, 1.807) is 19.1 Å². The highest BCUT2D eigenvalue weighted by atomic mass is 16.5. The zero-order valence-electron chi connectivity index (χ0n) is 11.3. The van der Waals surface area contributed by atoms with Crippen molar-refractivity contribution in [2.24, 2.45) is 0 Å². The Morgan fingerprint density at radius 1 is 1.55 bits per heavy atom. The third-order valence-corrected chi connectivity index (χ3v) is 2.31. The number of nitrogens with zero attached hydrogens (tertiary/aromatic N) is 1. The smallest absolute Gasteiger partial charge is 0.328 e. The van der Waals surface area contributed by atoms with Crippen LogP contribution in [0.2, 0.25) is 0 Å². The summed E-state index contributed by atoms with van der Waals surface area (Å²) >= 11 is 0. The zero-order chi connectivity index (χ0) is 15.0. The fourth-order valence-electron chi connectivity index (χ4n) is 1.41. The van der Waals surface area contributed by atoms with Crippen LogP contribution in [-0.4, -0.2) is 41.2 Å². The van der Waals surface area contributed by atoms with E-state index in [9.17, 15) is 9.59 Å². The summed E-state index contributed by atoms with van der Waals surface area (Å²) in [5.41, 5.74) is 0.486. The monoisotopic (exact) mass is 276 g/mol. The van der Waals surface area contributed by atoms with Crippen LogP contribution in [-0.2, 0) is 9.53 Å². The average Bonchev–Trinajstić information content (AvgIpc) is 2.45. The Morgan fingerprint density at radius 2 is 2.30 bits per heavy atom. The van der Waals surface area contributed by atoms with Crippen LogP contribution in [0.3, 0.4) is 0 Å². The minimum Gasteiger partial charge on any atom is -0.464 e. The first kappa shape index (κ1) is 15.7. The van der Waals surface area contributed by atoms with Gasteiger partial charge in [-0.2, -0.15) is 0 Å². The summed E-state index contributed by atoms with van der Waals surface area (Å²) in [5, 5.41) is 11.2. The molecule has 1 rings (SSSR count). The molecular formula is C14H16N2O4. The molecule has 1 unspecified atom stereocenters. The van der Waals surface area contributed by atoms with Crippen molar-refractivity contribution in [3.63, 3.8) is 0 Å². The van der Waals surface area contributed by atoms with Gasteiger partial charge >= 0.3 is 5.97 Å². The van der Waals surface area contributed by atoms with E-state index >= 15 is 0 Å². The van der Waals surface area contributed by atoms with Crippen molar-refractivity contribution in [2.45, 2.75) is 19.9 Å². The summed E-state index contributed by atoms with van der Waals surface area (Å²) in [5.74, 6) is 4.05. The Balaban J connectivity index is 2.85. The van der Waals surface area contributed by atoms with Crippen molar-refractivity contribution in [3.05, 3.63) is 29.6 Å². The van der Waals surface area contributed by atoms with E-state index in [2.05, 4.69) is 22.1 Å². The number of hydrogen-bond acceptors (Lipinski definition) is 5. The summed E-state index contributed by atoms with van der Waals surface area (Å²) in [6.07, 6.45) is 1.45. The number of aliphatic hydroxyl groups excluding tert-OH is 1. The summed E-state index contributed by atoms with van der Waals surface area (Å²) in [7, 11) is 0. The highest BCUT2D eigenvalue weighted by Crippen LogP contribution is 2.04. The molecule has 0 spiro atoms. The molecule has 0 bridgehead atoms. The van der Waals surface area contributed by atoms with E-state index in [0.717, 1.165) is 0 Å². The van der Waals surface area contributed by atoms with Crippen LogP contribution in [0.25, 0.3) is 0 Å². The third-order valence-electron chi connectivity index (χ3n) is 2.31. The van der Waals surface area contributed by atoms with Gasteiger partial charge in [-0.1, -0.05) is 11.8 Å². The van der Waals surface area contributed by atoms with E-state index in [1.807, 2.05) is 0 Å². The Kier molecular flexibility index (Phi) is 6.20. The first-order chi connectivity index (χ1) is 9.60. The van der Waals surface area contributed by atoms with Crippen LogP contribution < -0.4 is 5.32 Å². The lowest BCUT2D eigenvalue weighted by molar-refractivity contribution is -0.144. The van der Waals surface area contributed by atoms with Gasteiger partial charge < -0.3 is 15.2 Å². The number of amides is 1. The van der Waals surface area contributed by atoms with E-state index in [4.69, 9.17) is 9.84 Å². The maximum Gasteiger partial charge on any atom is 0.328 e. The number of carbonyl (C=O) groups excluding carboxylic acids is 2. The predicted molar refractivity (Wildman–Crippen MR) is 71.8 cm³/mol. The first-order valence-corrected chi connectivity index (χ1v) is 6.12. The van der Waals surface area contributed by atoms with Crippen molar-refractivity contribution in [2.75, 3.05) is 13.2 Å². The Morgan fingerprint density at radius 3 is 2.95 bits per heavy atom. The van der Waals surface area contributed by atoms with Crippen LogP contribution in [0.4, 0.5) is 0 Å². The standard InChI is InChI=1S/C14H16N2O4/c1-3-20-14(19)10(2)16-13(18)12-11(7-5-9-17)6-4-8-15-12/h4,6,8,10,17H,3,9H2,1-2H3,(H,16,18). The van der Waals surface area contributed by atoms with Gasteiger partial charge in [-0.25, -0.2) is 9.78 Å². The second-order valence-corrected chi connectivity index (χ2v) is 3.81. The zero-order valence-corrected chi connectivity index (χ0v) is 11.3. The largest absolute Gasteiger partial charge is 0.464 e. The van der Waals surface area contributed by atoms with E-state index in [0.29, 0.717) is 5.56 Å². The second kappa shape index (κ2) is 7.92. The Labute approximate surface area is 117 Å². The number of aromatic nitrogens is 1. The molecule has 1 atom stereocenters. The lowest BCUT2D eigenvalue weighted by atomic mass is 10.2. The molecule has 0 saturated carbocycles. The minimum absolute atomic E-state index is 0.101. The number of hydrogen-bond donors (Lipinski definition) is 2. The van der Waals surface area contributed by atoms with Gasteiger partial charge in [0.15, 0.2) is 0 Å². The van der Waals surface area contributed by atoms with Gasteiger partial charge in [0.05, 0.1) is 12.2 Å². The molecule has 1 heterocycles. The van der Waals surface area contributed by atoms with Crippen LogP contribution in [0, 0.1) is 11.8 Å². The topological polar surface area (TPSA) is 88.5 Å². The number of carbonyl (C=O) groups is 2. The van der Waals surface area contributed by atoms with Crippen LogP contribution in [0.5, 0.6) is 0 Å². The minimum atomic E-state index is -0.775.